The van der Waals surface area contributed by atoms with Crippen molar-refractivity contribution < 1.29 is 14.3 Å². The summed E-state index contributed by atoms with van der Waals surface area (Å²) < 4.78 is 5.15. The average Bonchev–Trinajstić information content (AvgIpc) is 2.44. The van der Waals surface area contributed by atoms with Gasteiger partial charge in [0.25, 0.3) is 0 Å². The van der Waals surface area contributed by atoms with E-state index in [4.69, 9.17) is 4.74 Å². The lowest BCUT2D eigenvalue weighted by Gasteiger charge is -2.32. The first-order chi connectivity index (χ1) is 10.3. The molecule has 0 aromatic rings. The quantitative estimate of drug-likeness (QED) is 0.785. The number of likely N-dealkylation sites (tertiary alicyclic amines) is 1. The van der Waals surface area contributed by atoms with E-state index in [9.17, 15) is 9.59 Å². The third kappa shape index (κ3) is 7.78. The van der Waals surface area contributed by atoms with Gasteiger partial charge in [-0.25, -0.2) is 0 Å². The van der Waals surface area contributed by atoms with Crippen molar-refractivity contribution in [3.05, 3.63) is 0 Å². The van der Waals surface area contributed by atoms with Gasteiger partial charge in [-0.1, -0.05) is 20.8 Å². The Hall–Kier alpha value is -1.10. The lowest BCUT2D eigenvalue weighted by atomic mass is 9.90. The Labute approximate surface area is 134 Å². The molecule has 0 spiro atoms. The zero-order valence-electron chi connectivity index (χ0n) is 14.6. The SMILES string of the molecule is CCOCC(=O)N1CCC(NC(=O)CCCC(C)(C)C)CC1. The van der Waals surface area contributed by atoms with Crippen molar-refractivity contribution in [3.63, 3.8) is 0 Å². The van der Waals surface area contributed by atoms with Crippen molar-refractivity contribution in [1.82, 2.24) is 10.2 Å². The fourth-order valence-electron chi connectivity index (χ4n) is 2.63. The standard InChI is InChI=1S/C17H32N2O3/c1-5-22-13-16(21)19-11-8-14(9-12-19)18-15(20)7-6-10-17(2,3)4/h14H,5-13H2,1-4H3,(H,18,20). The fourth-order valence-corrected chi connectivity index (χ4v) is 2.63. The van der Waals surface area contributed by atoms with Crippen molar-refractivity contribution in [2.45, 2.75) is 65.8 Å². The van der Waals surface area contributed by atoms with Gasteiger partial charge in [-0.15, -0.1) is 0 Å². The van der Waals surface area contributed by atoms with E-state index in [1.165, 1.54) is 0 Å². The van der Waals surface area contributed by atoms with Crippen molar-refractivity contribution in [2.75, 3.05) is 26.3 Å². The molecule has 5 heteroatoms. The minimum atomic E-state index is 0.0526. The van der Waals surface area contributed by atoms with Crippen LogP contribution in [0.4, 0.5) is 0 Å². The van der Waals surface area contributed by atoms with Gasteiger partial charge in [0.1, 0.15) is 6.61 Å². The largest absolute Gasteiger partial charge is 0.372 e. The number of rotatable bonds is 7. The molecule has 0 saturated carbocycles. The van der Waals surface area contributed by atoms with E-state index in [0.29, 0.717) is 26.1 Å². The summed E-state index contributed by atoms with van der Waals surface area (Å²) in [6.45, 7) is 10.6. The number of hydrogen-bond donors (Lipinski definition) is 1. The van der Waals surface area contributed by atoms with Gasteiger partial charge in [-0.3, -0.25) is 9.59 Å². The van der Waals surface area contributed by atoms with E-state index >= 15 is 0 Å². The number of hydrogen-bond acceptors (Lipinski definition) is 3. The molecule has 0 aromatic carbocycles. The van der Waals surface area contributed by atoms with Crippen molar-refractivity contribution in [3.8, 4) is 0 Å². The van der Waals surface area contributed by atoms with Gasteiger partial charge in [0, 0.05) is 32.2 Å². The Bertz CT molecular complexity index is 355. The van der Waals surface area contributed by atoms with Gasteiger partial charge >= 0.3 is 0 Å². The molecule has 128 valence electrons. The van der Waals surface area contributed by atoms with E-state index in [1.807, 2.05) is 11.8 Å². The first-order valence-corrected chi connectivity index (χ1v) is 8.46. The topological polar surface area (TPSA) is 58.6 Å². The molecule has 1 aliphatic rings. The number of ether oxygens (including phenoxy) is 1. The molecule has 1 aliphatic heterocycles. The zero-order chi connectivity index (χ0) is 16.6. The summed E-state index contributed by atoms with van der Waals surface area (Å²) in [6, 6.07) is 0.207. The maximum atomic E-state index is 11.9. The highest BCUT2D eigenvalue weighted by Crippen LogP contribution is 2.21. The maximum absolute atomic E-state index is 11.9. The molecule has 1 N–H and O–H groups in total. The van der Waals surface area contributed by atoms with Crippen LogP contribution >= 0.6 is 0 Å². The van der Waals surface area contributed by atoms with Crippen LogP contribution in [-0.2, 0) is 14.3 Å². The molecule has 0 radical (unpaired) electrons. The molecule has 22 heavy (non-hydrogen) atoms. The number of amides is 2. The average molecular weight is 312 g/mol. The fraction of sp³-hybridized carbons (Fsp3) is 0.882. The number of carbonyl (C=O) groups is 2. The minimum Gasteiger partial charge on any atom is -0.372 e. The first-order valence-electron chi connectivity index (χ1n) is 8.46. The van der Waals surface area contributed by atoms with E-state index in [-0.39, 0.29) is 29.9 Å². The summed E-state index contributed by atoms with van der Waals surface area (Å²) >= 11 is 0. The minimum absolute atomic E-state index is 0.0526. The molecule has 5 nitrogen and oxygen atoms in total. The molecule has 0 aliphatic carbocycles. The van der Waals surface area contributed by atoms with Crippen molar-refractivity contribution in [2.24, 2.45) is 5.41 Å². The summed E-state index contributed by atoms with van der Waals surface area (Å²) in [5, 5.41) is 3.10. The third-order valence-corrected chi connectivity index (χ3v) is 3.97. The van der Waals surface area contributed by atoms with Crippen LogP contribution in [0.15, 0.2) is 0 Å². The maximum Gasteiger partial charge on any atom is 0.248 e. The zero-order valence-corrected chi connectivity index (χ0v) is 14.6. The van der Waals surface area contributed by atoms with Crippen LogP contribution in [0, 0.1) is 5.41 Å². The Morgan fingerprint density at radius 2 is 1.86 bits per heavy atom. The van der Waals surface area contributed by atoms with E-state index in [0.717, 1.165) is 25.7 Å². The van der Waals surface area contributed by atoms with Crippen molar-refractivity contribution >= 4 is 11.8 Å². The van der Waals surface area contributed by atoms with Gasteiger partial charge in [-0.05, 0) is 38.0 Å². The van der Waals surface area contributed by atoms with Gasteiger partial charge in [-0.2, -0.15) is 0 Å². The monoisotopic (exact) mass is 312 g/mol. The number of piperidine rings is 1. The molecule has 0 unspecified atom stereocenters. The molecule has 0 aromatic heterocycles. The summed E-state index contributed by atoms with van der Waals surface area (Å²) in [5.74, 6) is 0.195. The molecule has 0 bridgehead atoms. The molecule has 0 atom stereocenters. The second-order valence-electron chi connectivity index (χ2n) is 7.27. The van der Waals surface area contributed by atoms with E-state index in [2.05, 4.69) is 26.1 Å². The van der Waals surface area contributed by atoms with Crippen molar-refractivity contribution in [1.29, 1.82) is 0 Å². The Morgan fingerprint density at radius 3 is 2.41 bits per heavy atom. The molecule has 2 amide bonds. The Balaban J connectivity index is 2.19. The van der Waals surface area contributed by atoms with Crippen LogP contribution in [0.1, 0.15) is 59.8 Å². The lowest BCUT2D eigenvalue weighted by Crippen LogP contribution is -2.47. The number of nitrogens with zero attached hydrogens (tertiary/aromatic N) is 1. The van der Waals surface area contributed by atoms with Gasteiger partial charge < -0.3 is 15.0 Å². The highest BCUT2D eigenvalue weighted by Gasteiger charge is 2.23. The predicted molar refractivity (Wildman–Crippen MR) is 87.5 cm³/mol. The van der Waals surface area contributed by atoms with Crippen LogP contribution in [0.5, 0.6) is 0 Å². The number of nitrogens with one attached hydrogen (secondary N) is 1. The van der Waals surface area contributed by atoms with Crippen LogP contribution in [0.25, 0.3) is 0 Å². The van der Waals surface area contributed by atoms with Gasteiger partial charge in [0.2, 0.25) is 11.8 Å². The Morgan fingerprint density at radius 1 is 1.23 bits per heavy atom. The number of carbonyl (C=O) groups excluding carboxylic acids is 2. The van der Waals surface area contributed by atoms with Crippen LogP contribution in [0.3, 0.4) is 0 Å². The smallest absolute Gasteiger partial charge is 0.248 e. The predicted octanol–water partition coefficient (Wildman–Crippen LogP) is 2.35. The lowest BCUT2D eigenvalue weighted by molar-refractivity contribution is -0.137. The molecule has 1 rings (SSSR count). The van der Waals surface area contributed by atoms with Crippen LogP contribution < -0.4 is 5.32 Å². The summed E-state index contributed by atoms with van der Waals surface area (Å²) in [5.41, 5.74) is 0.284. The molecule has 1 fully saturated rings. The van der Waals surface area contributed by atoms with Gasteiger partial charge in [0.05, 0.1) is 0 Å². The third-order valence-electron chi connectivity index (χ3n) is 3.97. The molecule has 1 heterocycles. The van der Waals surface area contributed by atoms with Gasteiger partial charge in [0.15, 0.2) is 0 Å². The highest BCUT2D eigenvalue weighted by molar-refractivity contribution is 5.78. The van der Waals surface area contributed by atoms with Crippen LogP contribution in [-0.4, -0.2) is 49.1 Å². The van der Waals surface area contributed by atoms with E-state index < -0.39 is 0 Å². The molecular weight excluding hydrogens is 280 g/mol. The molecular formula is C17H32N2O3. The first kappa shape index (κ1) is 18.9. The second kappa shape index (κ2) is 9.13. The summed E-state index contributed by atoms with van der Waals surface area (Å²) in [7, 11) is 0. The Kier molecular flexibility index (Phi) is 7.87. The normalized spacial score (nSPS) is 16.6. The van der Waals surface area contributed by atoms with Crippen LogP contribution in [0.2, 0.25) is 0 Å². The van der Waals surface area contributed by atoms with E-state index in [1.54, 1.807) is 0 Å². The molecule has 1 saturated heterocycles. The summed E-state index contributed by atoms with van der Waals surface area (Å²) in [6.07, 6.45) is 4.26. The highest BCUT2D eigenvalue weighted by atomic mass is 16.5. The summed E-state index contributed by atoms with van der Waals surface area (Å²) in [4.78, 5) is 25.6. The second-order valence-corrected chi connectivity index (χ2v) is 7.27.